The fourth-order valence-electron chi connectivity index (χ4n) is 4.24. The third-order valence-corrected chi connectivity index (χ3v) is 5.60. The van der Waals surface area contributed by atoms with Gasteiger partial charge in [-0.25, -0.2) is 0 Å². The minimum Gasteiger partial charge on any atom is -0.389 e. The molecule has 1 aliphatic carbocycles. The van der Waals surface area contributed by atoms with E-state index in [9.17, 15) is 9.90 Å². The minimum absolute atomic E-state index is 0.166. The third-order valence-electron chi connectivity index (χ3n) is 5.60. The fourth-order valence-corrected chi connectivity index (χ4v) is 4.24. The van der Waals surface area contributed by atoms with Gasteiger partial charge in [-0.2, -0.15) is 0 Å². The molecule has 0 spiro atoms. The predicted molar refractivity (Wildman–Crippen MR) is 92.4 cm³/mol. The Balaban J connectivity index is 1.90. The zero-order chi connectivity index (χ0) is 16.6. The molecule has 0 saturated carbocycles. The molecule has 124 valence electrons. The van der Waals surface area contributed by atoms with Crippen molar-refractivity contribution in [2.24, 2.45) is 5.92 Å². The van der Waals surface area contributed by atoms with Crippen LogP contribution >= 0.6 is 0 Å². The lowest BCUT2D eigenvalue weighted by Crippen LogP contribution is -2.39. The van der Waals surface area contributed by atoms with Crippen molar-refractivity contribution in [1.29, 1.82) is 0 Å². The number of hydrogen-bond donors (Lipinski definition) is 1. The summed E-state index contributed by atoms with van der Waals surface area (Å²) in [5, 5.41) is 10.5. The van der Waals surface area contributed by atoms with Gasteiger partial charge in [-0.1, -0.05) is 30.3 Å². The highest BCUT2D eigenvalue weighted by Gasteiger charge is 2.35. The molecule has 1 amide bonds. The van der Waals surface area contributed by atoms with E-state index < -0.39 is 6.10 Å². The van der Waals surface area contributed by atoms with E-state index in [1.54, 1.807) is 6.92 Å². The van der Waals surface area contributed by atoms with Gasteiger partial charge in [0.25, 0.3) is 0 Å². The molecular formula is C20H27NO2. The lowest BCUT2D eigenvalue weighted by molar-refractivity contribution is -0.130. The number of hydrogen-bond acceptors (Lipinski definition) is 2. The molecule has 1 aliphatic heterocycles. The molecule has 2 aliphatic rings. The van der Waals surface area contributed by atoms with Crippen molar-refractivity contribution in [3.63, 3.8) is 0 Å². The van der Waals surface area contributed by atoms with Gasteiger partial charge in [-0.3, -0.25) is 4.79 Å². The number of likely N-dealkylation sites (tertiary alicyclic amines) is 1. The molecule has 1 aromatic rings. The summed E-state index contributed by atoms with van der Waals surface area (Å²) in [5.41, 5.74) is 4.95. The Morgan fingerprint density at radius 1 is 1.26 bits per heavy atom. The van der Waals surface area contributed by atoms with Crippen molar-refractivity contribution >= 4 is 5.91 Å². The van der Waals surface area contributed by atoms with Crippen LogP contribution in [0, 0.1) is 12.8 Å². The summed E-state index contributed by atoms with van der Waals surface area (Å²) in [7, 11) is 0. The summed E-state index contributed by atoms with van der Waals surface area (Å²) in [6.07, 6.45) is 3.24. The van der Waals surface area contributed by atoms with Crippen LogP contribution in [0.5, 0.6) is 0 Å². The van der Waals surface area contributed by atoms with E-state index in [1.165, 1.54) is 16.7 Å². The van der Waals surface area contributed by atoms with E-state index in [0.717, 1.165) is 44.3 Å². The van der Waals surface area contributed by atoms with E-state index in [0.29, 0.717) is 5.92 Å². The average molecular weight is 313 g/mol. The molecule has 1 N–H and O–H groups in total. The van der Waals surface area contributed by atoms with E-state index >= 15 is 0 Å². The van der Waals surface area contributed by atoms with Gasteiger partial charge >= 0.3 is 0 Å². The molecule has 1 aromatic carbocycles. The maximum atomic E-state index is 11.6. The number of aryl methyl sites for hydroxylation is 2. The van der Waals surface area contributed by atoms with Crippen LogP contribution in [0.25, 0.3) is 0 Å². The first-order valence-electron chi connectivity index (χ1n) is 8.69. The molecule has 1 heterocycles. The Morgan fingerprint density at radius 2 is 1.96 bits per heavy atom. The molecule has 3 heteroatoms. The fraction of sp³-hybridized carbons (Fsp3) is 0.550. The lowest BCUT2D eigenvalue weighted by Gasteiger charge is -2.37. The predicted octanol–water partition coefficient (Wildman–Crippen LogP) is 3.20. The maximum absolute atomic E-state index is 11.6. The van der Waals surface area contributed by atoms with Crippen LogP contribution in [0.15, 0.2) is 30.4 Å². The highest BCUT2D eigenvalue weighted by atomic mass is 16.3. The molecular weight excluding hydrogens is 286 g/mol. The molecule has 2 unspecified atom stereocenters. The topological polar surface area (TPSA) is 40.5 Å². The Bertz CT molecular complexity index is 614. The SMILES string of the molecule is C=C1C(O)CCc2cc(C)ccc2C1C1CCN(C(C)=O)CC1. The van der Waals surface area contributed by atoms with Crippen molar-refractivity contribution in [2.45, 2.75) is 51.6 Å². The number of aliphatic hydroxyl groups excluding tert-OH is 1. The minimum atomic E-state index is -0.418. The monoisotopic (exact) mass is 313 g/mol. The van der Waals surface area contributed by atoms with Crippen LogP contribution in [0.4, 0.5) is 0 Å². The molecule has 1 saturated heterocycles. The first kappa shape index (κ1) is 16.3. The number of piperidine rings is 1. The first-order valence-corrected chi connectivity index (χ1v) is 8.69. The summed E-state index contributed by atoms with van der Waals surface area (Å²) >= 11 is 0. The van der Waals surface area contributed by atoms with Gasteiger partial charge in [0.1, 0.15) is 0 Å². The van der Waals surface area contributed by atoms with E-state index in [-0.39, 0.29) is 11.8 Å². The summed E-state index contributed by atoms with van der Waals surface area (Å²) in [6.45, 7) is 9.67. The largest absolute Gasteiger partial charge is 0.389 e. The second kappa shape index (κ2) is 6.48. The Labute approximate surface area is 139 Å². The number of rotatable bonds is 1. The quantitative estimate of drug-likeness (QED) is 0.639. The van der Waals surface area contributed by atoms with Gasteiger partial charge in [0.05, 0.1) is 6.10 Å². The standard InChI is InChI=1S/C20H27NO2/c1-13-4-6-18-17(12-13)5-7-19(23)14(2)20(18)16-8-10-21(11-9-16)15(3)22/h4,6,12,16,19-20,23H,2,5,7-11H2,1,3H3. The smallest absolute Gasteiger partial charge is 0.219 e. The van der Waals surface area contributed by atoms with Crippen LogP contribution in [0.1, 0.15) is 48.8 Å². The normalized spacial score (nSPS) is 25.9. The van der Waals surface area contributed by atoms with Crippen LogP contribution in [-0.2, 0) is 11.2 Å². The van der Waals surface area contributed by atoms with Crippen molar-refractivity contribution in [1.82, 2.24) is 4.90 Å². The Morgan fingerprint density at radius 3 is 2.61 bits per heavy atom. The van der Waals surface area contributed by atoms with Crippen molar-refractivity contribution in [2.75, 3.05) is 13.1 Å². The molecule has 3 nitrogen and oxygen atoms in total. The van der Waals surface area contributed by atoms with Gasteiger partial charge in [0, 0.05) is 25.9 Å². The number of amides is 1. The average Bonchev–Trinajstić information content (AvgIpc) is 2.65. The summed E-state index contributed by atoms with van der Waals surface area (Å²) in [5.74, 6) is 0.851. The molecule has 3 rings (SSSR count). The van der Waals surface area contributed by atoms with E-state index in [2.05, 4.69) is 31.7 Å². The molecule has 0 bridgehead atoms. The highest BCUT2D eigenvalue weighted by Crippen LogP contribution is 2.43. The highest BCUT2D eigenvalue weighted by molar-refractivity contribution is 5.73. The second-order valence-electron chi connectivity index (χ2n) is 7.15. The zero-order valence-corrected chi connectivity index (χ0v) is 14.2. The van der Waals surface area contributed by atoms with Gasteiger partial charge in [0.15, 0.2) is 0 Å². The van der Waals surface area contributed by atoms with Crippen LogP contribution in [0.3, 0.4) is 0 Å². The summed E-state index contributed by atoms with van der Waals surface area (Å²) in [4.78, 5) is 13.5. The van der Waals surface area contributed by atoms with Gasteiger partial charge in [0.2, 0.25) is 5.91 Å². The molecule has 23 heavy (non-hydrogen) atoms. The second-order valence-corrected chi connectivity index (χ2v) is 7.15. The number of fused-ring (bicyclic) bond motifs is 1. The summed E-state index contributed by atoms with van der Waals surface area (Å²) < 4.78 is 0. The number of carbonyl (C=O) groups is 1. The van der Waals surface area contributed by atoms with E-state index in [1.807, 2.05) is 4.90 Å². The number of aliphatic hydroxyl groups is 1. The number of nitrogens with zero attached hydrogens (tertiary/aromatic N) is 1. The zero-order valence-electron chi connectivity index (χ0n) is 14.2. The van der Waals surface area contributed by atoms with Crippen LogP contribution in [-0.4, -0.2) is 35.1 Å². The molecule has 0 radical (unpaired) electrons. The first-order chi connectivity index (χ1) is 11.0. The molecule has 0 aromatic heterocycles. The maximum Gasteiger partial charge on any atom is 0.219 e. The van der Waals surface area contributed by atoms with E-state index in [4.69, 9.17) is 0 Å². The van der Waals surface area contributed by atoms with Crippen LogP contribution in [0.2, 0.25) is 0 Å². The van der Waals surface area contributed by atoms with Crippen molar-refractivity contribution in [3.05, 3.63) is 47.0 Å². The summed E-state index contributed by atoms with van der Waals surface area (Å²) in [6, 6.07) is 6.66. The van der Waals surface area contributed by atoms with Crippen molar-refractivity contribution in [3.8, 4) is 0 Å². The number of carbonyl (C=O) groups excluding carboxylic acids is 1. The third kappa shape index (κ3) is 3.20. The Kier molecular flexibility index (Phi) is 4.58. The van der Waals surface area contributed by atoms with Gasteiger partial charge < -0.3 is 10.0 Å². The van der Waals surface area contributed by atoms with Gasteiger partial charge in [-0.15, -0.1) is 0 Å². The Hall–Kier alpha value is -1.61. The van der Waals surface area contributed by atoms with Crippen molar-refractivity contribution < 1.29 is 9.90 Å². The molecule has 2 atom stereocenters. The number of benzene rings is 1. The molecule has 1 fully saturated rings. The lowest BCUT2D eigenvalue weighted by atomic mass is 9.74. The van der Waals surface area contributed by atoms with Crippen LogP contribution < -0.4 is 0 Å². The van der Waals surface area contributed by atoms with Gasteiger partial charge in [-0.05, 0) is 55.2 Å².